The SMILES string of the molecule is Cc1c[c-](C)c(C)c1C.[CH2]=[Hf+2].[Cl-].[Cl-].c1cc[cH-]c1. The van der Waals surface area contributed by atoms with E-state index in [2.05, 4.69) is 38.0 Å². The fourth-order valence-electron chi connectivity index (χ4n) is 1.45. The van der Waals surface area contributed by atoms with E-state index in [0.717, 1.165) is 23.9 Å². The van der Waals surface area contributed by atoms with Gasteiger partial charge in [-0.25, -0.2) is 12.1 Å². The zero-order valence-electron chi connectivity index (χ0n) is 11.4. The minimum Gasteiger partial charge on any atom is -1.00 e. The summed E-state index contributed by atoms with van der Waals surface area (Å²) in [5.41, 5.74) is 5.75. The molecule has 0 N–H and O–H groups in total. The Morgan fingerprint density at radius 1 is 1.06 bits per heavy atom. The van der Waals surface area contributed by atoms with Crippen LogP contribution in [0, 0.1) is 27.7 Å². The summed E-state index contributed by atoms with van der Waals surface area (Å²) in [4.78, 5) is 0. The topological polar surface area (TPSA) is 0 Å². The molecule has 2 rings (SSSR count). The Bertz CT molecular complexity index is 349. The monoisotopic (exact) mass is 450 g/mol. The van der Waals surface area contributed by atoms with Crippen molar-refractivity contribution < 1.29 is 48.7 Å². The summed E-state index contributed by atoms with van der Waals surface area (Å²) >= 11 is 1.06. The van der Waals surface area contributed by atoms with Gasteiger partial charge in [-0.2, -0.15) is 46.5 Å². The number of hydrogen-bond donors (Lipinski definition) is 0. The molecule has 100 valence electrons. The van der Waals surface area contributed by atoms with Crippen LogP contribution in [0.3, 0.4) is 0 Å². The van der Waals surface area contributed by atoms with E-state index in [9.17, 15) is 0 Å². The zero-order chi connectivity index (χ0) is 12.6. The van der Waals surface area contributed by atoms with Crippen molar-refractivity contribution in [3.63, 3.8) is 0 Å². The summed E-state index contributed by atoms with van der Waals surface area (Å²) in [6.07, 6.45) is 0. The first-order chi connectivity index (χ1) is 7.63. The Morgan fingerprint density at radius 2 is 1.50 bits per heavy atom. The quantitative estimate of drug-likeness (QED) is 0.323. The maximum Gasteiger partial charge on any atom is -0.172 e. The molecule has 18 heavy (non-hydrogen) atoms. The van der Waals surface area contributed by atoms with Gasteiger partial charge in [0.2, 0.25) is 0 Å². The van der Waals surface area contributed by atoms with E-state index in [-0.39, 0.29) is 24.8 Å². The Kier molecular flexibility index (Phi) is 17.3. The van der Waals surface area contributed by atoms with Crippen LogP contribution in [0.25, 0.3) is 0 Å². The molecule has 2 aromatic rings. The Labute approximate surface area is 138 Å². The normalized spacial score (nSPS) is 7.67. The van der Waals surface area contributed by atoms with E-state index in [1.165, 1.54) is 22.3 Å². The third-order valence-electron chi connectivity index (χ3n) is 2.73. The molecule has 0 bridgehead atoms. The molecule has 0 aliphatic heterocycles. The number of halogens is 2. The van der Waals surface area contributed by atoms with Gasteiger partial charge in [0.25, 0.3) is 0 Å². The molecule has 0 aromatic heterocycles. The molecule has 0 saturated heterocycles. The molecule has 0 heterocycles. The molecule has 0 unspecified atom stereocenters. The average Bonchev–Trinajstić information content (AvgIpc) is 2.93. The van der Waals surface area contributed by atoms with Gasteiger partial charge in [-0.05, 0) is 0 Å². The van der Waals surface area contributed by atoms with Crippen LogP contribution in [0.5, 0.6) is 0 Å². The fourth-order valence-corrected chi connectivity index (χ4v) is 1.45. The second-order valence-electron chi connectivity index (χ2n) is 3.72. The molecule has 3 heteroatoms. The minimum atomic E-state index is 0. The first-order valence-electron chi connectivity index (χ1n) is 5.35. The van der Waals surface area contributed by atoms with Crippen molar-refractivity contribution >= 4 is 4.26 Å². The van der Waals surface area contributed by atoms with Crippen molar-refractivity contribution in [1.82, 2.24) is 0 Å². The molecule has 0 fully saturated rings. The summed E-state index contributed by atoms with van der Waals surface area (Å²) in [7, 11) is 0. The predicted octanol–water partition coefficient (Wildman–Crippen LogP) is -1.98. The van der Waals surface area contributed by atoms with Crippen molar-refractivity contribution in [2.45, 2.75) is 27.7 Å². The van der Waals surface area contributed by atoms with Crippen LogP contribution in [0.2, 0.25) is 0 Å². The van der Waals surface area contributed by atoms with Crippen LogP contribution < -0.4 is 24.8 Å². The van der Waals surface area contributed by atoms with Crippen LogP contribution in [-0.4, -0.2) is 4.26 Å². The van der Waals surface area contributed by atoms with Crippen LogP contribution in [-0.2, 0) is 23.9 Å². The van der Waals surface area contributed by atoms with Crippen LogP contribution in [0.4, 0.5) is 0 Å². The fraction of sp³-hybridized carbons (Fsp3) is 0.267. The van der Waals surface area contributed by atoms with Gasteiger partial charge < -0.3 is 24.8 Å². The second kappa shape index (κ2) is 13.5. The smallest absolute Gasteiger partial charge is 0.172 e. The van der Waals surface area contributed by atoms with Gasteiger partial charge in [0.15, 0.2) is 0 Å². The largest absolute Gasteiger partial charge is 1.00 e. The third kappa shape index (κ3) is 8.18. The molecule has 0 spiro atoms. The predicted molar refractivity (Wildman–Crippen MR) is 70.1 cm³/mol. The number of rotatable bonds is 0. The summed E-state index contributed by atoms with van der Waals surface area (Å²) in [5.74, 6) is 0. The van der Waals surface area contributed by atoms with Gasteiger partial charge in [0.1, 0.15) is 0 Å². The van der Waals surface area contributed by atoms with Gasteiger partial charge in [0, 0.05) is 0 Å². The van der Waals surface area contributed by atoms with Gasteiger partial charge >= 0.3 is 28.2 Å². The van der Waals surface area contributed by atoms with E-state index in [1.807, 2.05) is 30.3 Å². The summed E-state index contributed by atoms with van der Waals surface area (Å²) in [6, 6.07) is 12.2. The Hall–Kier alpha value is 0.0201. The van der Waals surface area contributed by atoms with E-state index in [0.29, 0.717) is 0 Å². The molecule has 0 aliphatic rings. The number of aryl methyl sites for hydroxylation is 2. The molecule has 0 nitrogen and oxygen atoms in total. The first kappa shape index (κ1) is 23.1. The molecule has 0 atom stereocenters. The number of hydrogen-bond acceptors (Lipinski definition) is 0. The van der Waals surface area contributed by atoms with E-state index < -0.39 is 0 Å². The zero-order valence-corrected chi connectivity index (χ0v) is 16.5. The van der Waals surface area contributed by atoms with Crippen molar-refractivity contribution in [2.24, 2.45) is 0 Å². The van der Waals surface area contributed by atoms with Crippen molar-refractivity contribution in [2.75, 3.05) is 0 Å². The summed E-state index contributed by atoms with van der Waals surface area (Å²) in [5, 5.41) is 0. The van der Waals surface area contributed by atoms with Crippen molar-refractivity contribution in [3.05, 3.63) is 58.7 Å². The van der Waals surface area contributed by atoms with E-state index in [1.54, 1.807) is 0 Å². The summed E-state index contributed by atoms with van der Waals surface area (Å²) in [6.45, 7) is 8.68. The van der Waals surface area contributed by atoms with Crippen LogP contribution in [0.1, 0.15) is 22.3 Å². The first-order valence-corrected chi connectivity index (χ1v) is 7.89. The molecule has 0 radical (unpaired) electrons. The minimum absolute atomic E-state index is 0. The van der Waals surface area contributed by atoms with Crippen LogP contribution >= 0.6 is 0 Å². The molecular weight excluding hydrogens is 430 g/mol. The molecule has 0 aliphatic carbocycles. The van der Waals surface area contributed by atoms with Gasteiger partial charge in [0.05, 0.1) is 0 Å². The van der Waals surface area contributed by atoms with Gasteiger partial charge in [-0.3, -0.25) is 0 Å². The summed E-state index contributed by atoms with van der Waals surface area (Å²) < 4.78 is 3.39. The van der Waals surface area contributed by atoms with Crippen molar-refractivity contribution in [3.8, 4) is 0 Å². The van der Waals surface area contributed by atoms with Crippen LogP contribution in [0.15, 0.2) is 36.4 Å². The third-order valence-corrected chi connectivity index (χ3v) is 2.73. The second-order valence-corrected chi connectivity index (χ2v) is 3.72. The standard InChI is InChI=1S/C9H13.C5H5.CH2.2ClH.Hf/c1-6-5-7(2)9(4)8(6)3;1-2-4-5-3-1;;;;/h5H,1-4H3;1-5H;1H2;2*1H;/q2*-1;;;;+2/p-2. The van der Waals surface area contributed by atoms with Gasteiger partial charge in [-0.1, -0.05) is 27.7 Å². The average molecular weight is 450 g/mol. The van der Waals surface area contributed by atoms with E-state index >= 15 is 0 Å². The molecule has 2 aromatic carbocycles. The van der Waals surface area contributed by atoms with Crippen molar-refractivity contribution in [1.29, 1.82) is 0 Å². The maximum atomic E-state index is 3.39. The van der Waals surface area contributed by atoms with E-state index in [4.69, 9.17) is 0 Å². The molecule has 0 amide bonds. The Morgan fingerprint density at radius 3 is 1.61 bits per heavy atom. The van der Waals surface area contributed by atoms with Gasteiger partial charge in [-0.15, -0.1) is 0 Å². The Balaban J connectivity index is -0.000000217. The molecule has 0 saturated carbocycles. The maximum absolute atomic E-state index is 3.39. The molecular formula is C15H20Cl2Hf-2.